The second-order valence-electron chi connectivity index (χ2n) is 9.23. The minimum absolute atomic E-state index is 0.137. The summed E-state index contributed by atoms with van der Waals surface area (Å²) in [5.41, 5.74) is 1.97. The number of nitrogens with one attached hydrogen (secondary N) is 1. The molecule has 2 aromatic carbocycles. The van der Waals surface area contributed by atoms with Gasteiger partial charge in [-0.1, -0.05) is 48.5 Å². The molecule has 1 unspecified atom stereocenters. The zero-order chi connectivity index (χ0) is 25.7. The Labute approximate surface area is 214 Å². The van der Waals surface area contributed by atoms with E-state index in [0.717, 1.165) is 0 Å². The Morgan fingerprint density at radius 2 is 1.75 bits per heavy atom. The van der Waals surface area contributed by atoms with E-state index >= 15 is 0 Å². The maximum Gasteiger partial charge on any atom is 0.415 e. The number of pyridine rings is 1. The molecule has 1 N–H and O–H groups in total. The molecule has 1 atom stereocenters. The number of hydrogen-bond acceptors (Lipinski definition) is 6. The summed E-state index contributed by atoms with van der Waals surface area (Å²) in [7, 11) is 0. The van der Waals surface area contributed by atoms with Crippen LogP contribution >= 0.6 is 11.8 Å². The summed E-state index contributed by atoms with van der Waals surface area (Å²) in [5, 5.41) is 4.73. The summed E-state index contributed by atoms with van der Waals surface area (Å²) in [6.45, 7) is 5.39. The van der Waals surface area contributed by atoms with Crippen LogP contribution in [0.1, 0.15) is 48.2 Å². The number of hydrogen-bond donors (Lipinski definition) is 1. The summed E-state index contributed by atoms with van der Waals surface area (Å²) in [5.74, 6) is -0.958. The van der Waals surface area contributed by atoms with Gasteiger partial charge in [0.05, 0.1) is 5.88 Å². The predicted octanol–water partition coefficient (Wildman–Crippen LogP) is 5.82. The van der Waals surface area contributed by atoms with Gasteiger partial charge in [0.1, 0.15) is 11.5 Å². The third-order valence-electron chi connectivity index (χ3n) is 5.34. The number of thioether (sulfide) groups is 1. The van der Waals surface area contributed by atoms with Crippen LogP contribution in [0.2, 0.25) is 0 Å². The number of amides is 2. The molecule has 0 aliphatic carbocycles. The molecule has 0 saturated carbocycles. The Bertz CT molecular complexity index is 1290. The number of ketones is 1. The molecule has 0 radical (unpaired) electrons. The van der Waals surface area contributed by atoms with Gasteiger partial charge >= 0.3 is 6.09 Å². The highest BCUT2D eigenvalue weighted by atomic mass is 32.2. The van der Waals surface area contributed by atoms with Gasteiger partial charge in [-0.15, -0.1) is 11.8 Å². The highest BCUT2D eigenvalue weighted by Gasteiger charge is 2.36. The number of benzene rings is 2. The van der Waals surface area contributed by atoms with E-state index in [4.69, 9.17) is 4.74 Å². The first-order valence-electron chi connectivity index (χ1n) is 11.5. The first-order chi connectivity index (χ1) is 17.2. The molecule has 0 spiro atoms. The van der Waals surface area contributed by atoms with E-state index in [-0.39, 0.29) is 11.7 Å². The Morgan fingerprint density at radius 1 is 1.00 bits per heavy atom. The van der Waals surface area contributed by atoms with Crippen molar-refractivity contribution in [2.45, 2.75) is 32.3 Å². The zero-order valence-electron chi connectivity index (χ0n) is 20.3. The molecule has 184 valence electrons. The molecule has 8 heteroatoms. The average Bonchev–Trinajstić information content (AvgIpc) is 3.34. The molecule has 3 aromatic rings. The van der Waals surface area contributed by atoms with Crippen LogP contribution in [0.25, 0.3) is 0 Å². The van der Waals surface area contributed by atoms with Crippen molar-refractivity contribution in [3.8, 4) is 0 Å². The van der Waals surface area contributed by atoms with Crippen LogP contribution < -0.4 is 5.32 Å². The van der Waals surface area contributed by atoms with E-state index in [0.29, 0.717) is 34.0 Å². The molecule has 1 aromatic heterocycles. The lowest BCUT2D eigenvalue weighted by Crippen LogP contribution is -2.38. The molecule has 0 fully saturated rings. The van der Waals surface area contributed by atoms with Crippen LogP contribution in [-0.2, 0) is 9.53 Å². The molecular weight excluding hydrogens is 474 g/mol. The number of anilines is 1. The number of rotatable bonds is 6. The van der Waals surface area contributed by atoms with E-state index in [9.17, 15) is 14.4 Å². The summed E-state index contributed by atoms with van der Waals surface area (Å²) in [6.07, 6.45) is 2.72. The maximum absolute atomic E-state index is 13.7. The zero-order valence-corrected chi connectivity index (χ0v) is 21.1. The summed E-state index contributed by atoms with van der Waals surface area (Å²) in [6, 6.07) is 19.3. The fraction of sp³-hybridized carbons (Fsp3) is 0.214. The number of aromatic nitrogens is 1. The standard InChI is InChI=1S/C28H27N3O4S/c1-28(2,3)35-27(34)31-18-36-17-23(31)24(21-12-8-14-29-16-21)26(33)30-22-13-7-11-20(15-22)25(32)19-9-5-4-6-10-19/h4-17,24H,18H2,1-3H3,(H,30,33). The molecule has 4 rings (SSSR count). The first-order valence-corrected chi connectivity index (χ1v) is 12.5. The third kappa shape index (κ3) is 6.01. The van der Waals surface area contributed by atoms with Crippen molar-refractivity contribution >= 4 is 35.2 Å². The van der Waals surface area contributed by atoms with Crippen LogP contribution in [0.3, 0.4) is 0 Å². The van der Waals surface area contributed by atoms with Gasteiger partial charge in [0.25, 0.3) is 0 Å². The minimum Gasteiger partial charge on any atom is -0.443 e. The van der Waals surface area contributed by atoms with Crippen LogP contribution in [0.4, 0.5) is 10.5 Å². The number of ether oxygens (including phenoxy) is 1. The van der Waals surface area contributed by atoms with Crippen molar-refractivity contribution in [3.63, 3.8) is 0 Å². The van der Waals surface area contributed by atoms with Crippen molar-refractivity contribution < 1.29 is 19.1 Å². The number of carbonyl (C=O) groups excluding carboxylic acids is 3. The molecule has 2 heterocycles. The molecule has 36 heavy (non-hydrogen) atoms. The summed E-state index contributed by atoms with van der Waals surface area (Å²) >= 11 is 1.41. The molecule has 7 nitrogen and oxygen atoms in total. The molecule has 0 saturated heterocycles. The molecule has 1 aliphatic rings. The van der Waals surface area contributed by atoms with Crippen LogP contribution in [-0.4, -0.2) is 39.1 Å². The monoisotopic (exact) mass is 501 g/mol. The second-order valence-corrected chi connectivity index (χ2v) is 10.1. The molecular formula is C28H27N3O4S. The van der Waals surface area contributed by atoms with Crippen molar-refractivity contribution in [2.24, 2.45) is 0 Å². The average molecular weight is 502 g/mol. The van der Waals surface area contributed by atoms with Gasteiger partial charge in [0.2, 0.25) is 5.91 Å². The van der Waals surface area contributed by atoms with E-state index < -0.39 is 17.6 Å². The first kappa shape index (κ1) is 25.2. The lowest BCUT2D eigenvalue weighted by Gasteiger charge is -2.29. The fourth-order valence-corrected chi connectivity index (χ4v) is 4.66. The lowest BCUT2D eigenvalue weighted by atomic mass is 9.95. The Hall–Kier alpha value is -3.91. The molecule has 1 aliphatic heterocycles. The topological polar surface area (TPSA) is 88.6 Å². The van der Waals surface area contributed by atoms with Gasteiger partial charge < -0.3 is 10.1 Å². The van der Waals surface area contributed by atoms with Gasteiger partial charge in [0, 0.05) is 34.9 Å². The lowest BCUT2D eigenvalue weighted by molar-refractivity contribution is -0.117. The Balaban J connectivity index is 1.61. The van der Waals surface area contributed by atoms with Crippen LogP contribution in [0, 0.1) is 0 Å². The second kappa shape index (κ2) is 10.8. The van der Waals surface area contributed by atoms with Gasteiger partial charge in [-0.05, 0) is 49.9 Å². The van der Waals surface area contributed by atoms with Gasteiger partial charge in [-0.3, -0.25) is 19.5 Å². The van der Waals surface area contributed by atoms with Gasteiger partial charge in [0.15, 0.2) is 5.78 Å². The van der Waals surface area contributed by atoms with E-state index in [1.165, 1.54) is 16.7 Å². The highest BCUT2D eigenvalue weighted by Crippen LogP contribution is 2.36. The van der Waals surface area contributed by atoms with Crippen molar-refractivity contribution in [1.82, 2.24) is 9.88 Å². The van der Waals surface area contributed by atoms with Crippen LogP contribution in [0.15, 0.2) is 90.2 Å². The molecule has 2 amide bonds. The van der Waals surface area contributed by atoms with E-state index in [2.05, 4.69) is 10.3 Å². The highest BCUT2D eigenvalue weighted by molar-refractivity contribution is 8.02. The number of carbonyl (C=O) groups is 3. The molecule has 0 bridgehead atoms. The largest absolute Gasteiger partial charge is 0.443 e. The Kier molecular flexibility index (Phi) is 7.55. The maximum atomic E-state index is 13.7. The summed E-state index contributed by atoms with van der Waals surface area (Å²) in [4.78, 5) is 45.1. The quantitative estimate of drug-likeness (QED) is 0.428. The van der Waals surface area contributed by atoms with Gasteiger partial charge in [-0.25, -0.2) is 4.79 Å². The van der Waals surface area contributed by atoms with Crippen molar-refractivity contribution in [1.29, 1.82) is 0 Å². The third-order valence-corrected chi connectivity index (χ3v) is 6.15. The number of nitrogens with zero attached hydrogens (tertiary/aromatic N) is 2. The Morgan fingerprint density at radius 3 is 2.44 bits per heavy atom. The SMILES string of the molecule is CC(C)(C)OC(=O)N1CSC=C1C(C(=O)Nc1cccc(C(=O)c2ccccc2)c1)c1cccnc1. The van der Waals surface area contributed by atoms with Crippen LogP contribution in [0.5, 0.6) is 0 Å². The van der Waals surface area contributed by atoms with Crippen molar-refractivity contribution in [3.05, 3.63) is 107 Å². The van der Waals surface area contributed by atoms with Gasteiger partial charge in [-0.2, -0.15) is 0 Å². The normalized spacial score (nSPS) is 14.1. The van der Waals surface area contributed by atoms with Crippen molar-refractivity contribution in [2.75, 3.05) is 11.2 Å². The summed E-state index contributed by atoms with van der Waals surface area (Å²) < 4.78 is 5.57. The van der Waals surface area contributed by atoms with E-state index in [1.54, 1.807) is 99.2 Å². The fourth-order valence-electron chi connectivity index (χ4n) is 3.75. The minimum atomic E-state index is -0.810. The van der Waals surface area contributed by atoms with E-state index in [1.807, 2.05) is 6.07 Å². The smallest absolute Gasteiger partial charge is 0.415 e. The predicted molar refractivity (Wildman–Crippen MR) is 141 cm³/mol.